The van der Waals surface area contributed by atoms with Crippen LogP contribution in [0.5, 0.6) is 0 Å². The molecule has 0 aromatic rings. The molecule has 0 radical (unpaired) electrons. The lowest BCUT2D eigenvalue weighted by Crippen LogP contribution is -2.26. The second-order valence-corrected chi connectivity index (χ2v) is 3.70. The van der Waals surface area contributed by atoms with Gasteiger partial charge in [0, 0.05) is 0 Å². The standard InChI is InChI=1S/C10H20O3/c1-5-7-12-8-13-9(11)10(3,4)6-2/h5-8H2,1-4H3. The number of hydrogen-bond acceptors (Lipinski definition) is 3. The van der Waals surface area contributed by atoms with E-state index in [1.165, 1.54) is 0 Å². The summed E-state index contributed by atoms with van der Waals surface area (Å²) in [4.78, 5) is 11.4. The predicted molar refractivity (Wildman–Crippen MR) is 51.3 cm³/mol. The van der Waals surface area contributed by atoms with Gasteiger partial charge in [-0.3, -0.25) is 4.79 Å². The van der Waals surface area contributed by atoms with Crippen molar-refractivity contribution in [1.29, 1.82) is 0 Å². The Morgan fingerprint density at radius 1 is 1.31 bits per heavy atom. The van der Waals surface area contributed by atoms with E-state index in [9.17, 15) is 4.79 Å². The summed E-state index contributed by atoms with van der Waals surface area (Å²) in [5, 5.41) is 0. The highest BCUT2D eigenvalue weighted by Gasteiger charge is 2.26. The summed E-state index contributed by atoms with van der Waals surface area (Å²) in [6, 6.07) is 0. The molecular formula is C10H20O3. The number of ether oxygens (including phenoxy) is 2. The third-order valence-electron chi connectivity index (χ3n) is 2.06. The van der Waals surface area contributed by atoms with Gasteiger partial charge in [0.15, 0.2) is 6.79 Å². The van der Waals surface area contributed by atoms with Crippen molar-refractivity contribution in [3.8, 4) is 0 Å². The molecule has 3 nitrogen and oxygen atoms in total. The van der Waals surface area contributed by atoms with Gasteiger partial charge >= 0.3 is 5.97 Å². The molecular weight excluding hydrogens is 168 g/mol. The molecule has 13 heavy (non-hydrogen) atoms. The molecule has 0 rings (SSSR count). The van der Waals surface area contributed by atoms with Gasteiger partial charge in [-0.2, -0.15) is 0 Å². The molecule has 0 atom stereocenters. The van der Waals surface area contributed by atoms with Crippen LogP contribution >= 0.6 is 0 Å². The summed E-state index contributed by atoms with van der Waals surface area (Å²) < 4.78 is 9.99. The summed E-state index contributed by atoms with van der Waals surface area (Å²) in [7, 11) is 0. The zero-order valence-electron chi connectivity index (χ0n) is 9.05. The third-order valence-corrected chi connectivity index (χ3v) is 2.06. The largest absolute Gasteiger partial charge is 0.438 e. The molecule has 0 aliphatic carbocycles. The van der Waals surface area contributed by atoms with Gasteiger partial charge in [0.25, 0.3) is 0 Å². The fourth-order valence-corrected chi connectivity index (χ4v) is 0.638. The van der Waals surface area contributed by atoms with Crippen LogP contribution < -0.4 is 0 Å². The van der Waals surface area contributed by atoms with Gasteiger partial charge in [-0.1, -0.05) is 13.8 Å². The van der Waals surface area contributed by atoms with Crippen LogP contribution in [-0.4, -0.2) is 19.4 Å². The van der Waals surface area contributed by atoms with E-state index in [4.69, 9.17) is 9.47 Å². The van der Waals surface area contributed by atoms with E-state index in [2.05, 4.69) is 0 Å². The molecule has 0 saturated carbocycles. The van der Waals surface area contributed by atoms with Crippen LogP contribution in [0.3, 0.4) is 0 Å². The maximum atomic E-state index is 11.4. The van der Waals surface area contributed by atoms with E-state index in [-0.39, 0.29) is 12.8 Å². The molecule has 0 saturated heterocycles. The molecule has 0 N–H and O–H groups in total. The Morgan fingerprint density at radius 2 is 1.92 bits per heavy atom. The molecule has 0 amide bonds. The van der Waals surface area contributed by atoms with Crippen molar-refractivity contribution >= 4 is 5.97 Å². The summed E-state index contributed by atoms with van der Waals surface area (Å²) >= 11 is 0. The Balaban J connectivity index is 3.62. The third kappa shape index (κ3) is 4.88. The van der Waals surface area contributed by atoms with Crippen molar-refractivity contribution in [2.75, 3.05) is 13.4 Å². The first-order chi connectivity index (χ1) is 6.04. The Hall–Kier alpha value is -0.570. The van der Waals surface area contributed by atoms with E-state index in [0.29, 0.717) is 6.61 Å². The molecule has 0 unspecified atom stereocenters. The smallest absolute Gasteiger partial charge is 0.313 e. The highest BCUT2D eigenvalue weighted by atomic mass is 16.7. The Labute approximate surface area is 80.4 Å². The van der Waals surface area contributed by atoms with E-state index >= 15 is 0 Å². The van der Waals surface area contributed by atoms with Crippen molar-refractivity contribution < 1.29 is 14.3 Å². The van der Waals surface area contributed by atoms with Crippen molar-refractivity contribution in [2.24, 2.45) is 5.41 Å². The van der Waals surface area contributed by atoms with Crippen LogP contribution in [0.15, 0.2) is 0 Å². The van der Waals surface area contributed by atoms with Crippen LogP contribution in [0, 0.1) is 5.41 Å². The molecule has 0 spiro atoms. The number of carbonyl (C=O) groups excluding carboxylic acids is 1. The molecule has 3 heteroatoms. The highest BCUT2D eigenvalue weighted by molar-refractivity contribution is 5.75. The quantitative estimate of drug-likeness (QED) is 0.364. The Bertz CT molecular complexity index is 152. The maximum Gasteiger partial charge on any atom is 0.313 e. The first-order valence-electron chi connectivity index (χ1n) is 4.79. The molecule has 0 bridgehead atoms. The van der Waals surface area contributed by atoms with Gasteiger partial charge in [-0.25, -0.2) is 0 Å². The molecule has 78 valence electrons. The normalized spacial score (nSPS) is 11.4. The molecule has 0 aliphatic rings. The molecule has 0 aliphatic heterocycles. The second kappa shape index (κ2) is 5.97. The maximum absolute atomic E-state index is 11.4. The van der Waals surface area contributed by atoms with Crippen LogP contribution in [0.2, 0.25) is 0 Å². The van der Waals surface area contributed by atoms with E-state index in [0.717, 1.165) is 12.8 Å². The van der Waals surface area contributed by atoms with Crippen molar-refractivity contribution in [3.05, 3.63) is 0 Å². The molecule has 0 fully saturated rings. The number of carbonyl (C=O) groups is 1. The van der Waals surface area contributed by atoms with Crippen LogP contribution in [0.4, 0.5) is 0 Å². The zero-order valence-corrected chi connectivity index (χ0v) is 9.05. The average molecular weight is 188 g/mol. The van der Waals surface area contributed by atoms with E-state index in [1.54, 1.807) is 0 Å². The van der Waals surface area contributed by atoms with Crippen LogP contribution in [-0.2, 0) is 14.3 Å². The van der Waals surface area contributed by atoms with Gasteiger partial charge in [0.2, 0.25) is 0 Å². The summed E-state index contributed by atoms with van der Waals surface area (Å²) in [6.07, 6.45) is 1.72. The van der Waals surface area contributed by atoms with Gasteiger partial charge in [-0.15, -0.1) is 0 Å². The number of rotatable bonds is 6. The zero-order chi connectivity index (χ0) is 10.3. The van der Waals surface area contributed by atoms with Crippen LogP contribution in [0.25, 0.3) is 0 Å². The van der Waals surface area contributed by atoms with Crippen molar-refractivity contribution in [3.63, 3.8) is 0 Å². The lowest BCUT2D eigenvalue weighted by Gasteiger charge is -2.19. The average Bonchev–Trinajstić information content (AvgIpc) is 2.12. The topological polar surface area (TPSA) is 35.5 Å². The summed E-state index contributed by atoms with van der Waals surface area (Å²) in [6.45, 7) is 8.44. The highest BCUT2D eigenvalue weighted by Crippen LogP contribution is 2.21. The molecule has 0 heterocycles. The first-order valence-corrected chi connectivity index (χ1v) is 4.79. The van der Waals surface area contributed by atoms with E-state index < -0.39 is 5.41 Å². The minimum Gasteiger partial charge on any atom is -0.438 e. The van der Waals surface area contributed by atoms with Gasteiger partial charge in [0.05, 0.1) is 12.0 Å². The molecule has 0 aromatic carbocycles. The SMILES string of the molecule is CCCOCOC(=O)C(C)(C)CC. The van der Waals surface area contributed by atoms with Gasteiger partial charge in [-0.05, 0) is 26.7 Å². The Kier molecular flexibility index (Phi) is 5.71. The van der Waals surface area contributed by atoms with Crippen LogP contribution in [0.1, 0.15) is 40.5 Å². The number of esters is 1. The summed E-state index contributed by atoms with van der Waals surface area (Å²) in [5.41, 5.74) is -0.393. The lowest BCUT2D eigenvalue weighted by atomic mass is 9.91. The van der Waals surface area contributed by atoms with E-state index in [1.807, 2.05) is 27.7 Å². The second-order valence-electron chi connectivity index (χ2n) is 3.70. The first kappa shape index (κ1) is 12.4. The van der Waals surface area contributed by atoms with Crippen molar-refractivity contribution in [2.45, 2.75) is 40.5 Å². The monoisotopic (exact) mass is 188 g/mol. The fourth-order valence-electron chi connectivity index (χ4n) is 0.638. The Morgan fingerprint density at radius 3 is 2.38 bits per heavy atom. The number of hydrogen-bond donors (Lipinski definition) is 0. The van der Waals surface area contributed by atoms with Crippen molar-refractivity contribution in [1.82, 2.24) is 0 Å². The minimum atomic E-state index is -0.393. The van der Waals surface area contributed by atoms with Gasteiger partial charge < -0.3 is 9.47 Å². The molecule has 0 aromatic heterocycles. The minimum absolute atomic E-state index is 0.0795. The fraction of sp³-hybridized carbons (Fsp3) is 0.900. The lowest BCUT2D eigenvalue weighted by molar-refractivity contribution is -0.166. The predicted octanol–water partition coefficient (Wildman–Crippen LogP) is 2.35. The van der Waals surface area contributed by atoms with Gasteiger partial charge in [0.1, 0.15) is 0 Å². The summed E-state index contributed by atoms with van der Waals surface area (Å²) in [5.74, 6) is -0.189.